The number of hydrogen-bond donors (Lipinski definition) is 1. The highest BCUT2D eigenvalue weighted by molar-refractivity contribution is 5.84. The lowest BCUT2D eigenvalue weighted by Crippen LogP contribution is -2.51. The van der Waals surface area contributed by atoms with E-state index in [1.807, 2.05) is 13.1 Å². The maximum atomic E-state index is 13.1. The maximum Gasteiger partial charge on any atom is 0.229 e. The Hall–Kier alpha value is -1.35. The fraction of sp³-hybridized carbons (Fsp3) is 0.632. The standard InChI is InChI=1S/C19H28N2O/c1-20-15-17-8-12-21(13-9-17)18(22)19(10-5-11-19)14-16-6-3-2-4-7-16/h2-4,6-7,17,20H,5,8-15H2,1H3. The first kappa shape index (κ1) is 15.5. The summed E-state index contributed by atoms with van der Waals surface area (Å²) in [6.45, 7) is 2.97. The van der Waals surface area contributed by atoms with Crippen molar-refractivity contribution in [1.29, 1.82) is 0 Å². The molecule has 0 bridgehead atoms. The first-order valence-corrected chi connectivity index (χ1v) is 8.71. The second-order valence-corrected chi connectivity index (χ2v) is 7.09. The predicted molar refractivity (Wildman–Crippen MR) is 89.7 cm³/mol. The lowest BCUT2D eigenvalue weighted by Gasteiger charge is -2.45. The van der Waals surface area contributed by atoms with Gasteiger partial charge in [-0.3, -0.25) is 4.79 Å². The third kappa shape index (κ3) is 3.19. The molecule has 0 aromatic heterocycles. The van der Waals surface area contributed by atoms with Crippen molar-refractivity contribution < 1.29 is 4.79 Å². The third-order valence-corrected chi connectivity index (χ3v) is 5.54. The quantitative estimate of drug-likeness (QED) is 0.907. The first-order chi connectivity index (χ1) is 10.7. The highest BCUT2D eigenvalue weighted by Gasteiger charge is 2.46. The molecule has 1 aliphatic heterocycles. The molecule has 1 heterocycles. The minimum Gasteiger partial charge on any atom is -0.342 e. The summed E-state index contributed by atoms with van der Waals surface area (Å²) in [4.78, 5) is 15.2. The molecule has 120 valence electrons. The van der Waals surface area contributed by atoms with E-state index >= 15 is 0 Å². The Kier molecular flexibility index (Phi) is 4.82. The van der Waals surface area contributed by atoms with E-state index in [1.54, 1.807) is 0 Å². The van der Waals surface area contributed by atoms with E-state index in [0.717, 1.165) is 57.7 Å². The third-order valence-electron chi connectivity index (χ3n) is 5.54. The number of rotatable bonds is 5. The smallest absolute Gasteiger partial charge is 0.229 e. The van der Waals surface area contributed by atoms with Crippen LogP contribution in [0, 0.1) is 11.3 Å². The molecule has 1 aliphatic carbocycles. The van der Waals surface area contributed by atoms with E-state index in [9.17, 15) is 4.79 Å². The number of amides is 1. The van der Waals surface area contributed by atoms with Crippen molar-refractivity contribution in [2.75, 3.05) is 26.7 Å². The summed E-state index contributed by atoms with van der Waals surface area (Å²) in [6, 6.07) is 10.5. The molecule has 2 fully saturated rings. The molecule has 0 unspecified atom stereocenters. The Bertz CT molecular complexity index is 487. The molecule has 0 radical (unpaired) electrons. The second-order valence-electron chi connectivity index (χ2n) is 7.09. The number of benzene rings is 1. The van der Waals surface area contributed by atoms with Gasteiger partial charge in [0, 0.05) is 13.1 Å². The van der Waals surface area contributed by atoms with E-state index in [0.29, 0.717) is 5.91 Å². The van der Waals surface area contributed by atoms with Crippen molar-refractivity contribution >= 4 is 5.91 Å². The van der Waals surface area contributed by atoms with Crippen LogP contribution in [0.4, 0.5) is 0 Å². The molecule has 3 nitrogen and oxygen atoms in total. The summed E-state index contributed by atoms with van der Waals surface area (Å²) >= 11 is 0. The van der Waals surface area contributed by atoms with Gasteiger partial charge in [0.1, 0.15) is 0 Å². The van der Waals surface area contributed by atoms with Crippen LogP contribution in [-0.2, 0) is 11.2 Å². The van der Waals surface area contributed by atoms with Gasteiger partial charge in [-0.15, -0.1) is 0 Å². The van der Waals surface area contributed by atoms with Crippen molar-refractivity contribution in [3.05, 3.63) is 35.9 Å². The van der Waals surface area contributed by atoms with E-state index in [4.69, 9.17) is 0 Å². The maximum absolute atomic E-state index is 13.1. The predicted octanol–water partition coefficient (Wildman–Crippen LogP) is 2.86. The molecule has 1 saturated heterocycles. The van der Waals surface area contributed by atoms with Gasteiger partial charge in [0.15, 0.2) is 0 Å². The zero-order valence-corrected chi connectivity index (χ0v) is 13.7. The summed E-state index contributed by atoms with van der Waals surface area (Å²) in [5.41, 5.74) is 1.21. The minimum atomic E-state index is -0.100. The van der Waals surface area contributed by atoms with E-state index in [-0.39, 0.29) is 5.41 Å². The zero-order valence-electron chi connectivity index (χ0n) is 13.7. The number of carbonyl (C=O) groups excluding carboxylic acids is 1. The van der Waals surface area contributed by atoms with Crippen LogP contribution in [0.25, 0.3) is 0 Å². The van der Waals surface area contributed by atoms with Gasteiger partial charge in [-0.1, -0.05) is 36.8 Å². The summed E-state index contributed by atoms with van der Waals surface area (Å²) in [6.07, 6.45) is 6.55. The number of piperidine rings is 1. The van der Waals surface area contributed by atoms with Crippen LogP contribution in [0.3, 0.4) is 0 Å². The fourth-order valence-corrected chi connectivity index (χ4v) is 4.02. The summed E-state index contributed by atoms with van der Waals surface area (Å²) < 4.78 is 0. The van der Waals surface area contributed by atoms with Crippen LogP contribution >= 0.6 is 0 Å². The fourth-order valence-electron chi connectivity index (χ4n) is 4.02. The largest absolute Gasteiger partial charge is 0.342 e. The van der Waals surface area contributed by atoms with Crippen LogP contribution < -0.4 is 5.32 Å². The molecule has 0 spiro atoms. The molecular formula is C19H28N2O. The van der Waals surface area contributed by atoms with Crippen LogP contribution in [0.15, 0.2) is 30.3 Å². The number of hydrogen-bond acceptors (Lipinski definition) is 2. The Morgan fingerprint density at radius 3 is 2.45 bits per heavy atom. The second kappa shape index (κ2) is 6.82. The van der Waals surface area contributed by atoms with Crippen molar-refractivity contribution in [3.63, 3.8) is 0 Å². The highest BCUT2D eigenvalue weighted by atomic mass is 16.2. The molecule has 3 heteroatoms. The van der Waals surface area contributed by atoms with Gasteiger partial charge in [-0.25, -0.2) is 0 Å². The Morgan fingerprint density at radius 1 is 1.23 bits per heavy atom. The van der Waals surface area contributed by atoms with Crippen LogP contribution in [-0.4, -0.2) is 37.5 Å². The molecule has 0 atom stereocenters. The molecular weight excluding hydrogens is 272 g/mol. The molecule has 1 N–H and O–H groups in total. The molecule has 1 amide bonds. The lowest BCUT2D eigenvalue weighted by atomic mass is 9.64. The van der Waals surface area contributed by atoms with Gasteiger partial charge in [0.25, 0.3) is 0 Å². The van der Waals surface area contributed by atoms with Gasteiger partial charge in [-0.05, 0) is 57.2 Å². The Labute approximate surface area is 134 Å². The van der Waals surface area contributed by atoms with Gasteiger partial charge in [0.05, 0.1) is 5.41 Å². The minimum absolute atomic E-state index is 0.100. The van der Waals surface area contributed by atoms with Crippen molar-refractivity contribution in [1.82, 2.24) is 10.2 Å². The van der Waals surface area contributed by atoms with E-state index in [2.05, 4.69) is 34.5 Å². The molecule has 1 aromatic carbocycles. The van der Waals surface area contributed by atoms with Crippen LogP contribution in [0.5, 0.6) is 0 Å². The van der Waals surface area contributed by atoms with E-state index < -0.39 is 0 Å². The summed E-state index contributed by atoms with van der Waals surface area (Å²) in [5, 5.41) is 3.26. The Balaban J connectivity index is 1.62. The number of nitrogens with one attached hydrogen (secondary N) is 1. The number of carbonyl (C=O) groups is 1. The molecule has 1 aromatic rings. The van der Waals surface area contributed by atoms with Gasteiger partial charge < -0.3 is 10.2 Å². The average Bonchev–Trinajstić information content (AvgIpc) is 2.52. The molecule has 3 rings (SSSR count). The zero-order chi connectivity index (χ0) is 15.4. The number of nitrogens with zero attached hydrogens (tertiary/aromatic N) is 1. The van der Waals surface area contributed by atoms with Gasteiger partial charge in [-0.2, -0.15) is 0 Å². The van der Waals surface area contributed by atoms with Crippen molar-refractivity contribution in [2.45, 2.75) is 38.5 Å². The van der Waals surface area contributed by atoms with E-state index in [1.165, 1.54) is 12.0 Å². The van der Waals surface area contributed by atoms with Crippen molar-refractivity contribution in [3.8, 4) is 0 Å². The normalized spacial score (nSPS) is 21.4. The SMILES string of the molecule is CNCC1CCN(C(=O)C2(Cc3ccccc3)CCC2)CC1. The summed E-state index contributed by atoms with van der Waals surface area (Å²) in [5.74, 6) is 1.16. The summed E-state index contributed by atoms with van der Waals surface area (Å²) in [7, 11) is 2.01. The van der Waals surface area contributed by atoms with Crippen molar-refractivity contribution in [2.24, 2.45) is 11.3 Å². The average molecular weight is 300 g/mol. The first-order valence-electron chi connectivity index (χ1n) is 8.71. The lowest BCUT2D eigenvalue weighted by molar-refractivity contribution is -0.149. The van der Waals surface area contributed by atoms with Crippen LogP contribution in [0.2, 0.25) is 0 Å². The molecule has 1 saturated carbocycles. The van der Waals surface area contributed by atoms with Crippen LogP contribution in [0.1, 0.15) is 37.7 Å². The van der Waals surface area contributed by atoms with Gasteiger partial charge >= 0.3 is 0 Å². The molecule has 2 aliphatic rings. The number of likely N-dealkylation sites (tertiary alicyclic amines) is 1. The monoisotopic (exact) mass is 300 g/mol. The topological polar surface area (TPSA) is 32.3 Å². The highest BCUT2D eigenvalue weighted by Crippen LogP contribution is 2.45. The Morgan fingerprint density at radius 2 is 1.91 bits per heavy atom. The van der Waals surface area contributed by atoms with Gasteiger partial charge in [0.2, 0.25) is 5.91 Å². The molecule has 22 heavy (non-hydrogen) atoms.